The van der Waals surface area contributed by atoms with Crippen LogP contribution in [0, 0.1) is 6.92 Å². The van der Waals surface area contributed by atoms with E-state index >= 15 is 0 Å². The highest BCUT2D eigenvalue weighted by Gasteiger charge is 2.20. The first-order chi connectivity index (χ1) is 6.77. The van der Waals surface area contributed by atoms with E-state index in [0.29, 0.717) is 10.7 Å². The van der Waals surface area contributed by atoms with Gasteiger partial charge in [-0.25, -0.2) is 4.98 Å². The van der Waals surface area contributed by atoms with E-state index in [4.69, 9.17) is 4.42 Å². The molecule has 14 heavy (non-hydrogen) atoms. The first-order valence-electron chi connectivity index (χ1n) is 5.40. The van der Waals surface area contributed by atoms with Gasteiger partial charge < -0.3 is 4.42 Å². The van der Waals surface area contributed by atoms with Crippen LogP contribution in [0.1, 0.15) is 55.9 Å². The molecule has 3 heteroatoms. The van der Waals surface area contributed by atoms with Crippen LogP contribution in [0.2, 0.25) is 0 Å². The second kappa shape index (κ2) is 4.47. The maximum Gasteiger partial charge on any atom is 0.264 e. The molecule has 0 spiro atoms. The zero-order chi connectivity index (χ0) is 9.97. The average Bonchev–Trinajstić information content (AvgIpc) is 2.43. The summed E-state index contributed by atoms with van der Waals surface area (Å²) in [5.41, 5.74) is 1.18. The molecule has 0 amide bonds. The van der Waals surface area contributed by atoms with Gasteiger partial charge in [-0.2, -0.15) is 0 Å². The number of rotatable bonds is 1. The van der Waals surface area contributed by atoms with Gasteiger partial charge in [0.25, 0.3) is 4.80 Å². The van der Waals surface area contributed by atoms with Crippen LogP contribution in [0.4, 0.5) is 0 Å². The van der Waals surface area contributed by atoms with Gasteiger partial charge in [0.2, 0.25) is 0 Å². The minimum Gasteiger partial charge on any atom is -0.436 e. The Balaban J connectivity index is 2.15. The number of hydrogen-bond donors (Lipinski definition) is 0. The lowest BCUT2D eigenvalue weighted by molar-refractivity contribution is 0.492. The van der Waals surface area contributed by atoms with E-state index < -0.39 is 0 Å². The van der Waals surface area contributed by atoms with Crippen molar-refractivity contribution in [3.05, 3.63) is 16.3 Å². The third-order valence-corrected chi connectivity index (χ3v) is 3.39. The Bertz CT molecular complexity index is 300. The number of halogens is 1. The molecule has 0 unspecified atom stereocenters. The van der Waals surface area contributed by atoms with Crippen molar-refractivity contribution in [2.24, 2.45) is 0 Å². The molecule has 0 N–H and O–H groups in total. The van der Waals surface area contributed by atoms with Crippen molar-refractivity contribution in [3.8, 4) is 0 Å². The van der Waals surface area contributed by atoms with Crippen LogP contribution >= 0.6 is 15.9 Å². The fraction of sp³-hybridized carbons (Fsp3) is 0.727. The monoisotopic (exact) mass is 257 g/mol. The lowest BCUT2D eigenvalue weighted by Gasteiger charge is -2.10. The van der Waals surface area contributed by atoms with Crippen LogP contribution in [-0.4, -0.2) is 4.98 Å². The Morgan fingerprint density at radius 3 is 2.36 bits per heavy atom. The number of nitrogens with zero attached hydrogens (tertiary/aromatic N) is 1. The number of aryl methyl sites for hydroxylation is 1. The lowest BCUT2D eigenvalue weighted by atomic mass is 9.96. The zero-order valence-electron chi connectivity index (χ0n) is 8.55. The molecule has 0 bridgehead atoms. The largest absolute Gasteiger partial charge is 0.436 e. The third kappa shape index (κ3) is 2.19. The van der Waals surface area contributed by atoms with Crippen molar-refractivity contribution >= 4 is 15.9 Å². The molecule has 0 atom stereocenters. The normalized spacial score (nSPS) is 19.6. The summed E-state index contributed by atoms with van der Waals surface area (Å²) in [4.78, 5) is 5.06. The van der Waals surface area contributed by atoms with Crippen molar-refractivity contribution < 1.29 is 4.42 Å². The molecule has 0 saturated heterocycles. The Labute approximate surface area is 93.2 Å². The Morgan fingerprint density at radius 1 is 1.21 bits per heavy atom. The molecule has 1 saturated carbocycles. The second-order valence-electron chi connectivity index (χ2n) is 4.10. The highest BCUT2D eigenvalue weighted by molar-refractivity contribution is 9.10. The van der Waals surface area contributed by atoms with Gasteiger partial charge in [-0.05, 0) is 19.8 Å². The molecule has 2 nitrogen and oxygen atoms in total. The van der Waals surface area contributed by atoms with Gasteiger partial charge in [-0.3, -0.25) is 0 Å². The molecule has 2 rings (SSSR count). The van der Waals surface area contributed by atoms with E-state index in [1.165, 1.54) is 44.2 Å². The molecular formula is C11H16BrNO. The van der Waals surface area contributed by atoms with Crippen LogP contribution in [0.25, 0.3) is 0 Å². The molecule has 0 aliphatic heterocycles. The number of oxazole rings is 1. The van der Waals surface area contributed by atoms with Crippen molar-refractivity contribution in [2.45, 2.75) is 51.4 Å². The number of hydrogen-bond acceptors (Lipinski definition) is 2. The molecule has 1 fully saturated rings. The SMILES string of the molecule is Cc1oc(Br)nc1C1CCCCCC1. The van der Waals surface area contributed by atoms with Gasteiger partial charge in [-0.15, -0.1) is 0 Å². The van der Waals surface area contributed by atoms with Gasteiger partial charge in [0, 0.05) is 21.8 Å². The number of aromatic nitrogens is 1. The highest BCUT2D eigenvalue weighted by atomic mass is 79.9. The van der Waals surface area contributed by atoms with Crippen LogP contribution in [-0.2, 0) is 0 Å². The van der Waals surface area contributed by atoms with Crippen molar-refractivity contribution in [2.75, 3.05) is 0 Å². The molecule has 78 valence electrons. The molecule has 1 aromatic heterocycles. The Morgan fingerprint density at radius 2 is 1.86 bits per heavy atom. The summed E-state index contributed by atoms with van der Waals surface area (Å²) in [5.74, 6) is 1.62. The molecule has 1 aliphatic rings. The molecular weight excluding hydrogens is 242 g/mol. The molecule has 0 radical (unpaired) electrons. The Kier molecular flexibility index (Phi) is 3.26. The van der Waals surface area contributed by atoms with E-state index in [-0.39, 0.29) is 0 Å². The van der Waals surface area contributed by atoms with Gasteiger partial charge in [0.05, 0.1) is 5.69 Å². The molecule has 1 aliphatic carbocycles. The smallest absolute Gasteiger partial charge is 0.264 e. The second-order valence-corrected chi connectivity index (χ2v) is 4.78. The van der Waals surface area contributed by atoms with Crippen molar-refractivity contribution in [3.63, 3.8) is 0 Å². The summed E-state index contributed by atoms with van der Waals surface area (Å²) in [6, 6.07) is 0. The van der Waals surface area contributed by atoms with Gasteiger partial charge >= 0.3 is 0 Å². The summed E-state index contributed by atoms with van der Waals surface area (Å²) in [7, 11) is 0. The fourth-order valence-electron chi connectivity index (χ4n) is 2.31. The van der Waals surface area contributed by atoms with Crippen molar-refractivity contribution in [1.82, 2.24) is 4.98 Å². The van der Waals surface area contributed by atoms with E-state index in [1.54, 1.807) is 0 Å². The highest BCUT2D eigenvalue weighted by Crippen LogP contribution is 2.33. The Hall–Kier alpha value is -0.310. The molecule has 1 heterocycles. The first kappa shape index (κ1) is 10.2. The minimum atomic E-state index is 0.632. The van der Waals surface area contributed by atoms with Crippen molar-refractivity contribution in [1.29, 1.82) is 0 Å². The zero-order valence-corrected chi connectivity index (χ0v) is 10.1. The predicted octanol–water partition coefficient (Wildman–Crippen LogP) is 4.18. The average molecular weight is 258 g/mol. The van der Waals surface area contributed by atoms with Gasteiger partial charge in [0.1, 0.15) is 5.76 Å². The lowest BCUT2D eigenvalue weighted by Crippen LogP contribution is -1.99. The molecule has 1 aromatic rings. The van der Waals surface area contributed by atoms with E-state index in [0.717, 1.165) is 5.76 Å². The van der Waals surface area contributed by atoms with Crippen LogP contribution in [0.5, 0.6) is 0 Å². The van der Waals surface area contributed by atoms with Gasteiger partial charge in [0.15, 0.2) is 0 Å². The topological polar surface area (TPSA) is 26.0 Å². The van der Waals surface area contributed by atoms with E-state index in [1.807, 2.05) is 6.92 Å². The summed E-state index contributed by atoms with van der Waals surface area (Å²) >= 11 is 3.29. The maximum absolute atomic E-state index is 5.41. The summed E-state index contributed by atoms with van der Waals surface area (Å²) in [5, 5.41) is 0. The van der Waals surface area contributed by atoms with E-state index in [9.17, 15) is 0 Å². The predicted molar refractivity (Wildman–Crippen MR) is 59.4 cm³/mol. The first-order valence-corrected chi connectivity index (χ1v) is 6.19. The van der Waals surface area contributed by atoms with E-state index in [2.05, 4.69) is 20.9 Å². The fourth-order valence-corrected chi connectivity index (χ4v) is 2.74. The quantitative estimate of drug-likeness (QED) is 0.706. The summed E-state index contributed by atoms with van der Waals surface area (Å²) in [6.07, 6.45) is 8.01. The van der Waals surface area contributed by atoms with Crippen LogP contribution in [0.3, 0.4) is 0 Å². The minimum absolute atomic E-state index is 0.632. The van der Waals surface area contributed by atoms with Crippen LogP contribution in [0.15, 0.2) is 9.22 Å². The molecule has 0 aromatic carbocycles. The maximum atomic E-state index is 5.41. The van der Waals surface area contributed by atoms with Gasteiger partial charge in [-0.1, -0.05) is 25.7 Å². The third-order valence-electron chi connectivity index (χ3n) is 3.05. The summed E-state index contributed by atoms with van der Waals surface area (Å²) < 4.78 is 5.41. The standard InChI is InChI=1S/C11H16BrNO/c1-8-10(13-11(12)14-8)9-6-4-2-3-5-7-9/h9H,2-7H2,1H3. The summed E-state index contributed by atoms with van der Waals surface area (Å²) in [6.45, 7) is 2.01. The van der Waals surface area contributed by atoms with Crippen LogP contribution < -0.4 is 0 Å².